The fraction of sp³-hybridized carbons (Fsp3) is 0.875. The molecule has 0 aromatic heterocycles. The summed E-state index contributed by atoms with van der Waals surface area (Å²) in [5, 5.41) is 0. The smallest absolute Gasteiger partial charge is 0.311 e. The fourth-order valence-electron chi connectivity index (χ4n) is 1.72. The molecule has 0 aliphatic carbocycles. The highest BCUT2D eigenvalue weighted by molar-refractivity contribution is 5.75. The first-order chi connectivity index (χ1) is 5.08. The first kappa shape index (κ1) is 7.10. The molecular formula is C8H12O3. The summed E-state index contributed by atoms with van der Waals surface area (Å²) >= 11 is 0. The predicted octanol–water partition coefficient (Wildman–Crippen LogP) is 0.930. The second-order valence-electron chi connectivity index (χ2n) is 3.48. The molecule has 2 aliphatic rings. The molecule has 4 unspecified atom stereocenters. The van der Waals surface area contributed by atoms with Crippen molar-refractivity contribution in [2.24, 2.45) is 11.8 Å². The van der Waals surface area contributed by atoms with Gasteiger partial charge in [-0.1, -0.05) is 13.8 Å². The number of epoxide rings is 1. The monoisotopic (exact) mass is 156 g/mol. The molecule has 0 aromatic carbocycles. The Balaban J connectivity index is 2.23. The van der Waals surface area contributed by atoms with E-state index in [0.29, 0.717) is 0 Å². The quantitative estimate of drug-likeness (QED) is 0.387. The van der Waals surface area contributed by atoms with Crippen LogP contribution in [0.4, 0.5) is 0 Å². The van der Waals surface area contributed by atoms with Gasteiger partial charge in [-0.15, -0.1) is 0 Å². The lowest BCUT2D eigenvalue weighted by molar-refractivity contribution is -0.150. The third kappa shape index (κ3) is 0.692. The van der Waals surface area contributed by atoms with Crippen molar-refractivity contribution in [2.75, 3.05) is 0 Å². The molecule has 2 fully saturated rings. The Bertz CT molecular complexity index is 213. The highest BCUT2D eigenvalue weighted by Gasteiger charge is 2.67. The van der Waals surface area contributed by atoms with Crippen LogP contribution in [0, 0.1) is 11.8 Å². The van der Waals surface area contributed by atoms with Crippen molar-refractivity contribution in [2.45, 2.75) is 32.7 Å². The summed E-state index contributed by atoms with van der Waals surface area (Å²) in [6, 6.07) is 0. The van der Waals surface area contributed by atoms with Crippen molar-refractivity contribution < 1.29 is 14.3 Å². The zero-order valence-corrected chi connectivity index (χ0v) is 6.96. The first-order valence-corrected chi connectivity index (χ1v) is 3.98. The Morgan fingerprint density at radius 1 is 1.36 bits per heavy atom. The maximum absolute atomic E-state index is 11.1. The van der Waals surface area contributed by atoms with E-state index in [1.165, 1.54) is 0 Å². The van der Waals surface area contributed by atoms with Crippen LogP contribution in [0.25, 0.3) is 0 Å². The second-order valence-corrected chi connectivity index (χ2v) is 3.48. The van der Waals surface area contributed by atoms with Crippen molar-refractivity contribution in [3.05, 3.63) is 0 Å². The number of carbonyl (C=O) groups excluding carboxylic acids is 1. The third-order valence-electron chi connectivity index (χ3n) is 2.89. The van der Waals surface area contributed by atoms with Gasteiger partial charge < -0.3 is 9.47 Å². The average molecular weight is 156 g/mol. The van der Waals surface area contributed by atoms with Gasteiger partial charge in [-0.25, -0.2) is 0 Å². The minimum absolute atomic E-state index is 0.0139. The Hall–Kier alpha value is -0.570. The van der Waals surface area contributed by atoms with Gasteiger partial charge in [0.25, 0.3) is 0 Å². The first-order valence-electron chi connectivity index (χ1n) is 3.98. The average Bonchev–Trinajstić information content (AvgIpc) is 2.54. The van der Waals surface area contributed by atoms with Gasteiger partial charge in [0.2, 0.25) is 5.79 Å². The van der Waals surface area contributed by atoms with E-state index in [1.807, 2.05) is 20.8 Å². The van der Waals surface area contributed by atoms with Crippen molar-refractivity contribution in [3.63, 3.8) is 0 Å². The van der Waals surface area contributed by atoms with E-state index in [1.54, 1.807) is 0 Å². The molecule has 3 nitrogen and oxygen atoms in total. The van der Waals surface area contributed by atoms with E-state index in [2.05, 4.69) is 0 Å². The van der Waals surface area contributed by atoms with Gasteiger partial charge in [0, 0.05) is 5.92 Å². The number of rotatable bonds is 0. The molecule has 2 saturated heterocycles. The molecule has 2 aliphatic heterocycles. The lowest BCUT2D eigenvalue weighted by Gasteiger charge is -2.08. The minimum atomic E-state index is -0.545. The molecule has 0 saturated carbocycles. The van der Waals surface area contributed by atoms with Crippen molar-refractivity contribution in [3.8, 4) is 0 Å². The van der Waals surface area contributed by atoms with Crippen molar-refractivity contribution >= 4 is 5.97 Å². The van der Waals surface area contributed by atoms with Gasteiger partial charge in [-0.3, -0.25) is 4.79 Å². The number of hydrogen-bond acceptors (Lipinski definition) is 3. The Morgan fingerprint density at radius 3 is 2.09 bits per heavy atom. The zero-order valence-electron chi connectivity index (χ0n) is 6.96. The molecule has 0 radical (unpaired) electrons. The fourth-order valence-corrected chi connectivity index (χ4v) is 1.72. The molecular weight excluding hydrogens is 144 g/mol. The summed E-state index contributed by atoms with van der Waals surface area (Å²) in [6.07, 6.45) is 0.0893. The van der Waals surface area contributed by atoms with E-state index in [0.717, 1.165) is 0 Å². The number of esters is 1. The molecule has 2 rings (SSSR count). The van der Waals surface area contributed by atoms with Crippen LogP contribution in [0.3, 0.4) is 0 Å². The zero-order chi connectivity index (χ0) is 8.22. The lowest BCUT2D eigenvalue weighted by Crippen LogP contribution is -2.21. The number of carbonyl (C=O) groups is 1. The van der Waals surface area contributed by atoms with Gasteiger partial charge in [0.05, 0.1) is 5.92 Å². The molecule has 11 heavy (non-hydrogen) atoms. The maximum atomic E-state index is 11.1. The molecule has 4 atom stereocenters. The highest BCUT2D eigenvalue weighted by Crippen LogP contribution is 2.51. The van der Waals surface area contributed by atoms with Crippen LogP contribution in [0.1, 0.15) is 20.8 Å². The molecule has 62 valence electrons. The molecule has 3 heteroatoms. The molecule has 1 spiro atoms. The van der Waals surface area contributed by atoms with Crippen LogP contribution in [-0.2, 0) is 14.3 Å². The predicted molar refractivity (Wildman–Crippen MR) is 37.7 cm³/mol. The molecule has 0 N–H and O–H groups in total. The summed E-state index contributed by atoms with van der Waals surface area (Å²) in [7, 11) is 0. The lowest BCUT2D eigenvalue weighted by atomic mass is 9.92. The van der Waals surface area contributed by atoms with Crippen LogP contribution < -0.4 is 0 Å². The topological polar surface area (TPSA) is 38.8 Å². The van der Waals surface area contributed by atoms with E-state index in [9.17, 15) is 4.79 Å². The normalized spacial score (nSPS) is 54.8. The van der Waals surface area contributed by atoms with E-state index in [-0.39, 0.29) is 23.9 Å². The van der Waals surface area contributed by atoms with Gasteiger partial charge in [-0.2, -0.15) is 0 Å². The molecule has 0 amide bonds. The molecule has 2 heterocycles. The van der Waals surface area contributed by atoms with Gasteiger partial charge >= 0.3 is 5.97 Å². The molecule has 0 bridgehead atoms. The van der Waals surface area contributed by atoms with Gasteiger partial charge in [0.1, 0.15) is 6.10 Å². The Morgan fingerprint density at radius 2 is 1.91 bits per heavy atom. The summed E-state index contributed by atoms with van der Waals surface area (Å²) in [4.78, 5) is 11.1. The van der Waals surface area contributed by atoms with E-state index >= 15 is 0 Å². The minimum Gasteiger partial charge on any atom is -0.430 e. The second kappa shape index (κ2) is 1.78. The number of hydrogen-bond donors (Lipinski definition) is 0. The maximum Gasteiger partial charge on any atom is 0.311 e. The van der Waals surface area contributed by atoms with Gasteiger partial charge in [0.15, 0.2) is 0 Å². The van der Waals surface area contributed by atoms with Gasteiger partial charge in [-0.05, 0) is 6.92 Å². The largest absolute Gasteiger partial charge is 0.430 e. The highest BCUT2D eigenvalue weighted by atomic mass is 16.8. The van der Waals surface area contributed by atoms with E-state index < -0.39 is 5.79 Å². The van der Waals surface area contributed by atoms with Crippen LogP contribution >= 0.6 is 0 Å². The van der Waals surface area contributed by atoms with Crippen LogP contribution in [-0.4, -0.2) is 17.9 Å². The van der Waals surface area contributed by atoms with Crippen molar-refractivity contribution in [1.82, 2.24) is 0 Å². The van der Waals surface area contributed by atoms with Crippen LogP contribution in [0.2, 0.25) is 0 Å². The Labute approximate surface area is 65.7 Å². The molecule has 0 aromatic rings. The summed E-state index contributed by atoms with van der Waals surface area (Å²) in [5.41, 5.74) is 0. The Kier molecular flexibility index (Phi) is 1.15. The van der Waals surface area contributed by atoms with Crippen LogP contribution in [0.5, 0.6) is 0 Å². The standard InChI is InChI=1S/C8H12O3/c1-4-5(2)8(6(3)10-8)11-7(4)9/h4-6H,1-3H3. The summed E-state index contributed by atoms with van der Waals surface area (Å²) in [5.74, 6) is -0.483. The van der Waals surface area contributed by atoms with Crippen molar-refractivity contribution in [1.29, 1.82) is 0 Å². The summed E-state index contributed by atoms with van der Waals surface area (Å²) in [6.45, 7) is 5.82. The third-order valence-corrected chi connectivity index (χ3v) is 2.89. The van der Waals surface area contributed by atoms with Crippen LogP contribution in [0.15, 0.2) is 0 Å². The van der Waals surface area contributed by atoms with E-state index in [4.69, 9.17) is 9.47 Å². The summed E-state index contributed by atoms with van der Waals surface area (Å²) < 4.78 is 10.4. The number of ether oxygens (including phenoxy) is 2. The SMILES string of the molecule is CC1C(=O)OC2(OC2C)C1C.